The second kappa shape index (κ2) is 11.7. The largest absolute Gasteiger partial charge is 0.482 e. The van der Waals surface area contributed by atoms with Crippen molar-refractivity contribution in [3.05, 3.63) is 76.8 Å². The number of benzene rings is 2. The van der Waals surface area contributed by atoms with Crippen LogP contribution in [0.15, 0.2) is 54.3 Å². The first-order chi connectivity index (χ1) is 17.8. The Bertz CT molecular complexity index is 1220. The van der Waals surface area contributed by atoms with Gasteiger partial charge in [0, 0.05) is 23.2 Å². The average molecular weight is 513 g/mol. The van der Waals surface area contributed by atoms with E-state index < -0.39 is 11.4 Å². The van der Waals surface area contributed by atoms with Crippen molar-refractivity contribution in [2.24, 2.45) is 0 Å². The van der Waals surface area contributed by atoms with Gasteiger partial charge in [-0.05, 0) is 55.8 Å². The van der Waals surface area contributed by atoms with Gasteiger partial charge in [-0.2, -0.15) is 0 Å². The minimum atomic E-state index is -0.721. The Morgan fingerprint density at radius 3 is 2.49 bits per heavy atom. The number of ether oxygens (including phenoxy) is 3. The Morgan fingerprint density at radius 2 is 1.76 bits per heavy atom. The fourth-order valence-electron chi connectivity index (χ4n) is 4.17. The molecule has 196 valence electrons. The minimum Gasteiger partial charge on any atom is -0.482 e. The predicted molar refractivity (Wildman–Crippen MR) is 134 cm³/mol. The zero-order valence-electron chi connectivity index (χ0n) is 20.6. The summed E-state index contributed by atoms with van der Waals surface area (Å²) in [5.41, 5.74) is 2.85. The molecule has 0 radical (unpaired) electrons. The van der Waals surface area contributed by atoms with E-state index in [2.05, 4.69) is 15.5 Å². The van der Waals surface area contributed by atoms with E-state index in [0.717, 1.165) is 11.1 Å². The normalized spacial score (nSPS) is 17.7. The van der Waals surface area contributed by atoms with Crippen LogP contribution in [0.5, 0.6) is 0 Å². The Balaban J connectivity index is 1.38. The first-order valence-corrected chi connectivity index (χ1v) is 11.9. The maximum atomic E-state index is 13.6. The van der Waals surface area contributed by atoms with Crippen molar-refractivity contribution in [1.29, 1.82) is 0 Å². The first-order valence-electron chi connectivity index (χ1n) is 11.9. The summed E-state index contributed by atoms with van der Waals surface area (Å²) in [7, 11) is 0. The van der Waals surface area contributed by atoms with Gasteiger partial charge in [0.1, 0.15) is 23.8 Å². The van der Waals surface area contributed by atoms with Crippen LogP contribution in [-0.2, 0) is 23.9 Å². The summed E-state index contributed by atoms with van der Waals surface area (Å²) in [4.78, 5) is 29.0. The van der Waals surface area contributed by atoms with E-state index in [4.69, 9.17) is 19.5 Å². The number of carbonyl (C=O) groups is 2. The Hall–Kier alpha value is -3.57. The molecular formula is C27H29FN2O7. The lowest BCUT2D eigenvalue weighted by molar-refractivity contribution is -0.249. The van der Waals surface area contributed by atoms with Gasteiger partial charge in [-0.3, -0.25) is 14.8 Å². The molecule has 9 nitrogen and oxygen atoms in total. The second-order valence-electron chi connectivity index (χ2n) is 8.94. The van der Waals surface area contributed by atoms with Crippen molar-refractivity contribution < 1.29 is 38.3 Å². The fourth-order valence-corrected chi connectivity index (χ4v) is 4.17. The maximum absolute atomic E-state index is 13.6. The minimum absolute atomic E-state index is 0.101. The number of rotatable bonds is 11. The van der Waals surface area contributed by atoms with Crippen LogP contribution in [0.4, 0.5) is 10.1 Å². The van der Waals surface area contributed by atoms with Crippen LogP contribution < -0.4 is 10.6 Å². The molecule has 2 amide bonds. The van der Waals surface area contributed by atoms with Crippen LogP contribution >= 0.6 is 0 Å². The lowest BCUT2D eigenvalue weighted by Crippen LogP contribution is -2.27. The van der Waals surface area contributed by atoms with Gasteiger partial charge in [0.15, 0.2) is 0 Å². The molecule has 0 bridgehead atoms. The van der Waals surface area contributed by atoms with Crippen molar-refractivity contribution in [2.45, 2.75) is 19.4 Å². The van der Waals surface area contributed by atoms with Crippen LogP contribution in [0.25, 0.3) is 11.1 Å². The lowest BCUT2D eigenvalue weighted by atomic mass is 9.91. The van der Waals surface area contributed by atoms with Gasteiger partial charge in [-0.15, -0.1) is 0 Å². The molecule has 0 saturated carbocycles. The number of carbonyl (C=O) groups excluding carboxylic acids is 2. The zero-order valence-corrected chi connectivity index (χ0v) is 20.6. The lowest BCUT2D eigenvalue weighted by Gasteiger charge is -2.23. The van der Waals surface area contributed by atoms with Crippen molar-refractivity contribution in [1.82, 2.24) is 5.32 Å². The molecule has 3 N–H and O–H groups in total. The third-order valence-corrected chi connectivity index (χ3v) is 5.94. The molecule has 10 heteroatoms. The molecule has 37 heavy (non-hydrogen) atoms. The SMILES string of the molecule is CC1(C)O/C(=C2/C(=O)Nc3cc(F)ccc32)C=C1c1ccc(C(=O)NCCOCCOCCOO)cc1. The highest BCUT2D eigenvalue weighted by Gasteiger charge is 2.38. The number of fused-ring (bicyclic) bond motifs is 1. The summed E-state index contributed by atoms with van der Waals surface area (Å²) < 4.78 is 30.3. The standard InChI is InChI=1S/C27H29FN2O7/c1-27(2)21(16-23(37-27)24-20-8-7-19(28)15-22(20)30-26(24)32)17-3-5-18(6-4-17)25(31)29-9-10-34-11-12-35-13-14-36-33/h3-8,15-16,33H,9-14H2,1-2H3,(H,29,31)(H,30,32)/b24-23+. The molecular weight excluding hydrogens is 483 g/mol. The van der Waals surface area contributed by atoms with E-state index in [9.17, 15) is 14.0 Å². The maximum Gasteiger partial charge on any atom is 0.260 e. The molecule has 0 saturated heterocycles. The Labute approximate surface area is 213 Å². The zero-order chi connectivity index (χ0) is 26.4. The second-order valence-corrected chi connectivity index (χ2v) is 8.94. The van der Waals surface area contributed by atoms with Crippen molar-refractivity contribution >= 4 is 28.6 Å². The Morgan fingerprint density at radius 1 is 1.05 bits per heavy atom. The van der Waals surface area contributed by atoms with Crippen LogP contribution in [0.3, 0.4) is 0 Å². The average Bonchev–Trinajstić information content (AvgIpc) is 3.36. The van der Waals surface area contributed by atoms with E-state index in [1.54, 1.807) is 18.2 Å². The molecule has 2 aromatic rings. The van der Waals surface area contributed by atoms with E-state index in [-0.39, 0.29) is 25.0 Å². The summed E-state index contributed by atoms with van der Waals surface area (Å²) in [5.74, 6) is -0.584. The van der Waals surface area contributed by atoms with E-state index >= 15 is 0 Å². The van der Waals surface area contributed by atoms with Crippen molar-refractivity contribution in [2.75, 3.05) is 44.9 Å². The first kappa shape index (κ1) is 26.5. The van der Waals surface area contributed by atoms with Crippen LogP contribution in [0, 0.1) is 5.82 Å². The number of allylic oxidation sites excluding steroid dienone is 1. The van der Waals surface area contributed by atoms with Gasteiger partial charge in [0.25, 0.3) is 11.8 Å². The molecule has 2 aliphatic heterocycles. The summed E-state index contributed by atoms with van der Waals surface area (Å²) in [6.07, 6.45) is 1.82. The van der Waals surface area contributed by atoms with Gasteiger partial charge in [-0.1, -0.05) is 12.1 Å². The molecule has 2 heterocycles. The van der Waals surface area contributed by atoms with E-state index in [0.29, 0.717) is 54.5 Å². The molecule has 0 fully saturated rings. The summed E-state index contributed by atoms with van der Waals surface area (Å²) in [6.45, 7) is 5.58. The quantitative estimate of drug-likeness (QED) is 0.182. The number of amides is 2. The van der Waals surface area contributed by atoms with Crippen molar-refractivity contribution in [3.63, 3.8) is 0 Å². The monoisotopic (exact) mass is 512 g/mol. The number of hydrogen-bond acceptors (Lipinski definition) is 7. The molecule has 0 unspecified atom stereocenters. The smallest absolute Gasteiger partial charge is 0.260 e. The number of halogens is 1. The molecule has 4 rings (SSSR count). The van der Waals surface area contributed by atoms with Gasteiger partial charge in [-0.25, -0.2) is 9.28 Å². The van der Waals surface area contributed by atoms with Gasteiger partial charge >= 0.3 is 0 Å². The summed E-state index contributed by atoms with van der Waals surface area (Å²) in [6, 6.07) is 11.3. The number of nitrogens with one attached hydrogen (secondary N) is 2. The topological polar surface area (TPSA) is 115 Å². The Kier molecular flexibility index (Phi) is 8.34. The van der Waals surface area contributed by atoms with Crippen LogP contribution in [0.1, 0.15) is 35.3 Å². The third kappa shape index (κ3) is 6.23. The molecule has 0 aromatic heterocycles. The molecule has 0 atom stereocenters. The molecule has 0 aliphatic carbocycles. The van der Waals surface area contributed by atoms with Gasteiger partial charge in [0.2, 0.25) is 0 Å². The van der Waals surface area contributed by atoms with Gasteiger partial charge < -0.3 is 24.8 Å². The van der Waals surface area contributed by atoms with Crippen LogP contribution in [-0.4, -0.2) is 62.3 Å². The molecule has 2 aromatic carbocycles. The van der Waals surface area contributed by atoms with E-state index in [1.165, 1.54) is 12.1 Å². The third-order valence-electron chi connectivity index (χ3n) is 5.94. The van der Waals surface area contributed by atoms with Crippen LogP contribution in [0.2, 0.25) is 0 Å². The highest BCUT2D eigenvalue weighted by atomic mass is 19.1. The molecule has 2 aliphatic rings. The number of anilines is 1. The predicted octanol–water partition coefficient (Wildman–Crippen LogP) is 3.63. The fraction of sp³-hybridized carbons (Fsp3) is 0.333. The highest BCUT2D eigenvalue weighted by Crippen LogP contribution is 2.44. The van der Waals surface area contributed by atoms with E-state index in [1.807, 2.05) is 32.1 Å². The number of hydrogen-bond donors (Lipinski definition) is 3. The summed E-state index contributed by atoms with van der Waals surface area (Å²) in [5, 5.41) is 13.7. The van der Waals surface area contributed by atoms with Crippen molar-refractivity contribution in [3.8, 4) is 0 Å². The highest BCUT2D eigenvalue weighted by molar-refractivity contribution is 6.32. The molecule has 0 spiro atoms. The summed E-state index contributed by atoms with van der Waals surface area (Å²) >= 11 is 0. The van der Waals surface area contributed by atoms with Gasteiger partial charge in [0.05, 0.1) is 37.7 Å².